The van der Waals surface area contributed by atoms with E-state index in [4.69, 9.17) is 23.2 Å². The van der Waals surface area contributed by atoms with Crippen LogP contribution in [0.3, 0.4) is 0 Å². The lowest BCUT2D eigenvalue weighted by Crippen LogP contribution is -2.19. The summed E-state index contributed by atoms with van der Waals surface area (Å²) >= 11 is 11.8. The van der Waals surface area contributed by atoms with Crippen LogP contribution in [-0.2, 0) is 9.59 Å². The summed E-state index contributed by atoms with van der Waals surface area (Å²) in [6, 6.07) is 5.12. The first kappa shape index (κ1) is 11.2. The summed E-state index contributed by atoms with van der Waals surface area (Å²) in [6.07, 6.45) is 1.66. The van der Waals surface area contributed by atoms with Crippen LogP contribution in [0.1, 0.15) is 12.0 Å². The van der Waals surface area contributed by atoms with Gasteiger partial charge in [0.1, 0.15) is 0 Å². The minimum absolute atomic E-state index is 0.0850. The number of benzene rings is 1. The maximum atomic E-state index is 11.3. The molecule has 16 heavy (non-hydrogen) atoms. The van der Waals surface area contributed by atoms with Crippen molar-refractivity contribution in [1.82, 2.24) is 5.32 Å². The smallest absolute Gasteiger partial charge is 0.254 e. The Morgan fingerprint density at radius 3 is 2.62 bits per heavy atom. The van der Waals surface area contributed by atoms with Gasteiger partial charge >= 0.3 is 0 Å². The minimum Gasteiger partial charge on any atom is -0.292 e. The van der Waals surface area contributed by atoms with Gasteiger partial charge in [-0.2, -0.15) is 0 Å². The molecular weight excluding hydrogens is 249 g/mol. The van der Waals surface area contributed by atoms with Gasteiger partial charge in [-0.05, 0) is 17.7 Å². The van der Waals surface area contributed by atoms with Crippen molar-refractivity contribution in [3.63, 3.8) is 0 Å². The predicted molar refractivity (Wildman–Crippen MR) is 62.2 cm³/mol. The molecule has 0 aromatic heterocycles. The van der Waals surface area contributed by atoms with E-state index in [9.17, 15) is 9.59 Å². The van der Waals surface area contributed by atoms with Crippen molar-refractivity contribution >= 4 is 41.1 Å². The first-order valence-corrected chi connectivity index (χ1v) is 5.32. The monoisotopic (exact) mass is 255 g/mol. The maximum absolute atomic E-state index is 11.3. The van der Waals surface area contributed by atoms with Gasteiger partial charge in [0.2, 0.25) is 5.91 Å². The molecule has 2 rings (SSSR count). The van der Waals surface area contributed by atoms with Crippen LogP contribution >= 0.6 is 23.2 Å². The van der Waals surface area contributed by atoms with Crippen LogP contribution < -0.4 is 5.32 Å². The fraction of sp³-hybridized carbons (Fsp3) is 0.0909. The molecule has 0 saturated carbocycles. The van der Waals surface area contributed by atoms with Crippen molar-refractivity contribution in [2.45, 2.75) is 6.42 Å². The van der Waals surface area contributed by atoms with Gasteiger partial charge in [0.15, 0.2) is 0 Å². The van der Waals surface area contributed by atoms with Crippen LogP contribution in [0.4, 0.5) is 0 Å². The highest BCUT2D eigenvalue weighted by atomic mass is 35.5. The van der Waals surface area contributed by atoms with Crippen molar-refractivity contribution < 1.29 is 9.59 Å². The molecule has 2 amide bonds. The third kappa shape index (κ3) is 2.10. The van der Waals surface area contributed by atoms with Crippen molar-refractivity contribution in [3.05, 3.63) is 39.4 Å². The second-order valence-electron chi connectivity index (χ2n) is 3.37. The molecule has 0 aliphatic carbocycles. The fourth-order valence-corrected chi connectivity index (χ4v) is 1.80. The highest BCUT2D eigenvalue weighted by Gasteiger charge is 2.23. The van der Waals surface area contributed by atoms with Crippen LogP contribution in [0.5, 0.6) is 0 Å². The van der Waals surface area contributed by atoms with Crippen molar-refractivity contribution in [1.29, 1.82) is 0 Å². The van der Waals surface area contributed by atoms with E-state index in [1.54, 1.807) is 24.3 Å². The first-order valence-electron chi connectivity index (χ1n) is 4.56. The first-order chi connectivity index (χ1) is 7.58. The third-order valence-corrected chi connectivity index (χ3v) is 3.04. The van der Waals surface area contributed by atoms with Gasteiger partial charge < -0.3 is 0 Å². The normalized spacial score (nSPS) is 18.0. The number of carbonyl (C=O) groups is 2. The number of halogens is 2. The minimum atomic E-state index is -0.374. The zero-order valence-corrected chi connectivity index (χ0v) is 9.60. The molecule has 82 valence electrons. The highest BCUT2D eigenvalue weighted by molar-refractivity contribution is 6.43. The second-order valence-corrected chi connectivity index (χ2v) is 4.15. The van der Waals surface area contributed by atoms with E-state index >= 15 is 0 Å². The second kappa shape index (κ2) is 4.28. The zero-order valence-electron chi connectivity index (χ0n) is 8.09. The molecule has 1 heterocycles. The summed E-state index contributed by atoms with van der Waals surface area (Å²) in [7, 11) is 0. The summed E-state index contributed by atoms with van der Waals surface area (Å²) in [5.41, 5.74) is 1.03. The molecule has 1 N–H and O–H groups in total. The maximum Gasteiger partial charge on any atom is 0.254 e. The van der Waals surface area contributed by atoms with Gasteiger partial charge in [0.25, 0.3) is 5.91 Å². The highest BCUT2D eigenvalue weighted by Crippen LogP contribution is 2.28. The fourth-order valence-electron chi connectivity index (χ4n) is 1.44. The number of hydrogen-bond acceptors (Lipinski definition) is 2. The molecule has 1 aliphatic rings. The Hall–Kier alpha value is -1.32. The number of rotatable bonds is 1. The van der Waals surface area contributed by atoms with Crippen molar-refractivity contribution in [3.8, 4) is 0 Å². The van der Waals surface area contributed by atoms with Crippen LogP contribution in [0.25, 0.3) is 6.08 Å². The summed E-state index contributed by atoms with van der Waals surface area (Å²) in [5.74, 6) is -0.671. The Labute approximate surface area is 102 Å². The Balaban J connectivity index is 2.40. The Bertz CT molecular complexity index is 509. The molecule has 0 atom stereocenters. The van der Waals surface area contributed by atoms with Gasteiger partial charge in [-0.25, -0.2) is 0 Å². The molecule has 1 aromatic carbocycles. The van der Waals surface area contributed by atoms with E-state index in [-0.39, 0.29) is 18.2 Å². The molecule has 0 bridgehead atoms. The molecule has 1 aromatic rings. The number of imide groups is 1. The van der Waals surface area contributed by atoms with E-state index in [1.165, 1.54) is 0 Å². The molecule has 5 heteroatoms. The molecular formula is C11H7Cl2NO2. The van der Waals surface area contributed by atoms with Gasteiger partial charge in [-0.1, -0.05) is 35.3 Å². The number of carbonyl (C=O) groups excluding carboxylic acids is 2. The summed E-state index contributed by atoms with van der Waals surface area (Å²) < 4.78 is 0. The summed E-state index contributed by atoms with van der Waals surface area (Å²) in [5, 5.41) is 2.99. The van der Waals surface area contributed by atoms with E-state index in [0.29, 0.717) is 21.2 Å². The van der Waals surface area contributed by atoms with Crippen LogP contribution in [0, 0.1) is 0 Å². The molecule has 1 saturated heterocycles. The molecule has 0 radical (unpaired) electrons. The van der Waals surface area contributed by atoms with Crippen molar-refractivity contribution in [2.75, 3.05) is 0 Å². The topological polar surface area (TPSA) is 46.2 Å². The lowest BCUT2D eigenvalue weighted by atomic mass is 10.1. The zero-order chi connectivity index (χ0) is 11.7. The Kier molecular flexibility index (Phi) is 2.99. The molecule has 3 nitrogen and oxygen atoms in total. The van der Waals surface area contributed by atoms with E-state index in [1.807, 2.05) is 0 Å². The standard InChI is InChI=1S/C11H7Cl2NO2/c12-8-3-1-2-6(10(8)13)4-7-5-9(15)14-11(7)16/h1-4H,5H2,(H,14,15,16)/b7-4+. The van der Waals surface area contributed by atoms with Gasteiger partial charge in [-0.15, -0.1) is 0 Å². The van der Waals surface area contributed by atoms with E-state index < -0.39 is 0 Å². The largest absolute Gasteiger partial charge is 0.292 e. The molecule has 0 unspecified atom stereocenters. The van der Waals surface area contributed by atoms with Crippen LogP contribution in [0.15, 0.2) is 23.8 Å². The number of hydrogen-bond donors (Lipinski definition) is 1. The SMILES string of the molecule is O=C1C/C(=C\c2cccc(Cl)c2Cl)C(=O)N1. The van der Waals surface area contributed by atoms with Gasteiger partial charge in [0, 0.05) is 5.57 Å². The molecule has 1 aliphatic heterocycles. The van der Waals surface area contributed by atoms with Crippen molar-refractivity contribution in [2.24, 2.45) is 0 Å². The third-order valence-electron chi connectivity index (χ3n) is 2.21. The molecule has 0 spiro atoms. The number of amides is 2. The molecule has 1 fully saturated rings. The average Bonchev–Trinajstić information content (AvgIpc) is 2.53. The number of nitrogens with one attached hydrogen (secondary N) is 1. The van der Waals surface area contributed by atoms with Crippen LogP contribution in [0.2, 0.25) is 10.0 Å². The summed E-state index contributed by atoms with van der Waals surface area (Å²) in [4.78, 5) is 22.3. The van der Waals surface area contributed by atoms with E-state index in [2.05, 4.69) is 5.32 Å². The lowest BCUT2D eigenvalue weighted by molar-refractivity contribution is -0.124. The van der Waals surface area contributed by atoms with Gasteiger partial charge in [0.05, 0.1) is 16.5 Å². The van der Waals surface area contributed by atoms with Gasteiger partial charge in [-0.3, -0.25) is 14.9 Å². The predicted octanol–water partition coefficient (Wildman–Crippen LogP) is 2.42. The lowest BCUT2D eigenvalue weighted by Gasteiger charge is -2.00. The Morgan fingerprint density at radius 1 is 1.25 bits per heavy atom. The quantitative estimate of drug-likeness (QED) is 0.619. The average molecular weight is 256 g/mol. The van der Waals surface area contributed by atoms with E-state index in [0.717, 1.165) is 0 Å². The summed E-state index contributed by atoms with van der Waals surface area (Å²) in [6.45, 7) is 0. The van der Waals surface area contributed by atoms with Crippen LogP contribution in [-0.4, -0.2) is 11.8 Å². The Morgan fingerprint density at radius 2 is 2.00 bits per heavy atom.